The maximum atomic E-state index is 4.74. The second kappa shape index (κ2) is 7.12. The number of rotatable bonds is 5. The van der Waals surface area contributed by atoms with Crippen molar-refractivity contribution in [3.05, 3.63) is 103 Å². The fourth-order valence-electron chi connectivity index (χ4n) is 3.37. The van der Waals surface area contributed by atoms with Gasteiger partial charge in [-0.05, 0) is 36.4 Å². The van der Waals surface area contributed by atoms with E-state index in [9.17, 15) is 0 Å². The predicted molar refractivity (Wildman–Crippen MR) is 118 cm³/mol. The Hall–Kier alpha value is -1.95. The largest absolute Gasteiger partial charge is 0.134 e. The Balaban J connectivity index is 2.43. The first-order valence-electron chi connectivity index (χ1n) is 8.73. The van der Waals surface area contributed by atoms with E-state index in [2.05, 4.69) is 111 Å². The summed E-state index contributed by atoms with van der Waals surface area (Å²) in [6.07, 6.45) is 0. The molecule has 0 saturated heterocycles. The van der Waals surface area contributed by atoms with Crippen molar-refractivity contribution in [3.8, 4) is 0 Å². The van der Waals surface area contributed by atoms with Gasteiger partial charge in [0.2, 0.25) is 0 Å². The molecule has 3 rings (SSSR count). The Morgan fingerprint density at radius 1 is 0.600 bits per heavy atom. The Bertz CT molecular complexity index is 737. The van der Waals surface area contributed by atoms with Gasteiger partial charge in [0, 0.05) is 0 Å². The number of hydrogen-bond acceptors (Lipinski definition) is 0. The van der Waals surface area contributed by atoms with E-state index >= 15 is 0 Å². The van der Waals surface area contributed by atoms with E-state index in [0.29, 0.717) is 0 Å². The van der Waals surface area contributed by atoms with Gasteiger partial charge in [-0.15, -0.1) is 0 Å². The van der Waals surface area contributed by atoms with Crippen molar-refractivity contribution in [2.24, 2.45) is 0 Å². The minimum absolute atomic E-state index is 1.40. The summed E-state index contributed by atoms with van der Waals surface area (Å²) in [5.41, 5.74) is 0. The zero-order valence-electron chi connectivity index (χ0n) is 15.3. The maximum absolute atomic E-state index is 4.74. The third kappa shape index (κ3) is 3.27. The highest BCUT2D eigenvalue weighted by Gasteiger charge is 2.52. The standard InChI is InChI=1S/C23H26PSi/c1-20(25(2,3)4)24(21-14-8-5-9-15-21,22-16-10-6-11-17-22)23-18-12-7-13-19-23/h5-19H,1H2,2-4H3/q+1. The summed E-state index contributed by atoms with van der Waals surface area (Å²) in [5, 5.41) is 4.21. The highest BCUT2D eigenvalue weighted by molar-refractivity contribution is 8.01. The first-order valence-corrected chi connectivity index (χ1v) is 14.0. The van der Waals surface area contributed by atoms with E-state index in [1.165, 1.54) is 20.9 Å². The van der Waals surface area contributed by atoms with Crippen molar-refractivity contribution in [2.45, 2.75) is 19.6 Å². The Kier molecular flexibility index (Phi) is 5.08. The Morgan fingerprint density at radius 2 is 0.880 bits per heavy atom. The van der Waals surface area contributed by atoms with E-state index in [-0.39, 0.29) is 0 Å². The topological polar surface area (TPSA) is 0 Å². The van der Waals surface area contributed by atoms with E-state index in [1.54, 1.807) is 0 Å². The van der Waals surface area contributed by atoms with Crippen molar-refractivity contribution in [1.82, 2.24) is 0 Å². The van der Waals surface area contributed by atoms with Gasteiger partial charge < -0.3 is 0 Å². The molecule has 0 unspecified atom stereocenters. The molecule has 25 heavy (non-hydrogen) atoms. The van der Waals surface area contributed by atoms with Gasteiger partial charge in [-0.3, -0.25) is 0 Å². The Labute approximate surface area is 153 Å². The summed E-state index contributed by atoms with van der Waals surface area (Å²) in [4.78, 5) is 1.45. The van der Waals surface area contributed by atoms with Crippen LogP contribution in [0.15, 0.2) is 103 Å². The predicted octanol–water partition coefficient (Wildman–Crippen LogP) is 5.37. The lowest BCUT2D eigenvalue weighted by molar-refractivity contribution is 1.69. The van der Waals surface area contributed by atoms with Crippen LogP contribution in [0.3, 0.4) is 0 Å². The molecule has 2 heteroatoms. The quantitative estimate of drug-likeness (QED) is 0.423. The average Bonchev–Trinajstić information content (AvgIpc) is 2.64. The molecular weight excluding hydrogens is 335 g/mol. The zero-order valence-corrected chi connectivity index (χ0v) is 17.2. The molecule has 0 bridgehead atoms. The SMILES string of the molecule is C=C([Si](C)(C)C)[P+](c1ccccc1)(c1ccccc1)c1ccccc1. The van der Waals surface area contributed by atoms with Gasteiger partial charge in [0.1, 0.15) is 31.2 Å². The van der Waals surface area contributed by atoms with Crippen LogP contribution in [0.4, 0.5) is 0 Å². The molecular formula is C23H26PSi+. The highest BCUT2D eigenvalue weighted by Crippen LogP contribution is 2.64. The van der Waals surface area contributed by atoms with E-state index in [1.807, 2.05) is 0 Å². The fraction of sp³-hybridized carbons (Fsp3) is 0.130. The van der Waals surface area contributed by atoms with Gasteiger partial charge >= 0.3 is 0 Å². The van der Waals surface area contributed by atoms with Gasteiger partial charge in [-0.2, -0.15) is 0 Å². The number of benzene rings is 3. The van der Waals surface area contributed by atoms with Crippen LogP contribution < -0.4 is 15.9 Å². The molecule has 0 amide bonds. The van der Waals surface area contributed by atoms with E-state index < -0.39 is 15.3 Å². The van der Waals surface area contributed by atoms with Crippen LogP contribution in [-0.2, 0) is 0 Å². The molecule has 0 heterocycles. The third-order valence-electron chi connectivity index (χ3n) is 4.70. The van der Waals surface area contributed by atoms with Crippen molar-refractivity contribution in [3.63, 3.8) is 0 Å². The lowest BCUT2D eigenvalue weighted by Crippen LogP contribution is -2.39. The molecule has 0 fully saturated rings. The van der Waals surface area contributed by atoms with Gasteiger partial charge in [-0.1, -0.05) is 80.8 Å². The molecule has 0 aliphatic rings. The summed E-state index contributed by atoms with van der Waals surface area (Å²) in [7, 11) is -3.49. The van der Waals surface area contributed by atoms with Crippen LogP contribution in [0.5, 0.6) is 0 Å². The second-order valence-electron chi connectivity index (χ2n) is 7.37. The van der Waals surface area contributed by atoms with Crippen molar-refractivity contribution < 1.29 is 0 Å². The first kappa shape index (κ1) is 17.9. The van der Waals surface area contributed by atoms with E-state index in [4.69, 9.17) is 6.58 Å². The molecule has 0 nitrogen and oxygen atoms in total. The van der Waals surface area contributed by atoms with Crippen LogP contribution in [0.1, 0.15) is 0 Å². The van der Waals surface area contributed by atoms with Gasteiger partial charge in [-0.25, -0.2) is 0 Å². The molecule has 3 aromatic rings. The second-order valence-corrected chi connectivity index (χ2v) is 16.3. The van der Waals surface area contributed by atoms with Crippen molar-refractivity contribution in [2.75, 3.05) is 0 Å². The molecule has 0 N–H and O–H groups in total. The third-order valence-corrected chi connectivity index (χ3v) is 13.5. The maximum Gasteiger partial charge on any atom is 0.134 e. The summed E-state index contributed by atoms with van der Waals surface area (Å²) in [6, 6.07) is 33.0. The summed E-state index contributed by atoms with van der Waals surface area (Å²) in [6.45, 7) is 12.0. The minimum atomic E-state index is -1.90. The molecule has 126 valence electrons. The fourth-order valence-corrected chi connectivity index (χ4v) is 12.2. The molecule has 0 saturated carbocycles. The lowest BCUT2D eigenvalue weighted by atomic mass is 10.4. The van der Waals surface area contributed by atoms with Crippen LogP contribution in [0.25, 0.3) is 0 Å². The minimum Gasteiger partial charge on any atom is -0.0647 e. The lowest BCUT2D eigenvalue weighted by Gasteiger charge is -2.34. The number of hydrogen-bond donors (Lipinski definition) is 0. The summed E-state index contributed by atoms with van der Waals surface area (Å²) < 4.78 is 0. The first-order chi connectivity index (χ1) is 12.0. The molecule has 0 atom stereocenters. The molecule has 0 radical (unpaired) electrons. The highest BCUT2D eigenvalue weighted by atomic mass is 31.2. The normalized spacial score (nSPS) is 12.0. The molecule has 3 aromatic carbocycles. The van der Waals surface area contributed by atoms with Gasteiger partial charge in [0.15, 0.2) is 0 Å². The molecule has 0 aromatic heterocycles. The molecule has 0 spiro atoms. The van der Waals surface area contributed by atoms with Gasteiger partial charge in [0.25, 0.3) is 0 Å². The van der Waals surface area contributed by atoms with Crippen molar-refractivity contribution in [1.29, 1.82) is 0 Å². The van der Waals surface area contributed by atoms with Crippen LogP contribution in [0, 0.1) is 0 Å². The summed E-state index contributed by atoms with van der Waals surface area (Å²) >= 11 is 0. The zero-order chi connectivity index (χ0) is 17.9. The summed E-state index contributed by atoms with van der Waals surface area (Å²) in [5.74, 6) is 0. The van der Waals surface area contributed by atoms with Crippen molar-refractivity contribution >= 4 is 31.2 Å². The molecule has 0 aliphatic heterocycles. The van der Waals surface area contributed by atoms with Gasteiger partial charge in [0.05, 0.1) is 4.94 Å². The van der Waals surface area contributed by atoms with Crippen LogP contribution in [-0.4, -0.2) is 8.07 Å². The van der Waals surface area contributed by atoms with Crippen LogP contribution >= 0.6 is 7.26 Å². The molecule has 0 aliphatic carbocycles. The smallest absolute Gasteiger partial charge is 0.0647 e. The average molecular weight is 362 g/mol. The van der Waals surface area contributed by atoms with Crippen LogP contribution in [0.2, 0.25) is 19.6 Å². The monoisotopic (exact) mass is 361 g/mol. The van der Waals surface area contributed by atoms with E-state index in [0.717, 1.165) is 0 Å². The Morgan fingerprint density at radius 3 is 1.12 bits per heavy atom.